The van der Waals surface area contributed by atoms with Crippen molar-refractivity contribution in [2.45, 2.75) is 37.3 Å². The average molecular weight is 262 g/mol. The molecule has 1 rings (SSSR count). The van der Waals surface area contributed by atoms with Gasteiger partial charge in [-0.2, -0.15) is 11.8 Å². The zero-order chi connectivity index (χ0) is 12.7. The number of methoxy groups -OCH3 is 2. The Morgan fingerprint density at radius 3 is 2.65 bits per heavy atom. The van der Waals surface area contributed by atoms with Crippen molar-refractivity contribution >= 4 is 11.8 Å². The zero-order valence-electron chi connectivity index (χ0n) is 11.2. The Bertz CT molecular complexity index is 203. The van der Waals surface area contributed by atoms with Crippen LogP contribution in [-0.4, -0.2) is 62.1 Å². The van der Waals surface area contributed by atoms with Gasteiger partial charge in [0.05, 0.1) is 0 Å². The molecule has 0 spiro atoms. The molecule has 0 amide bonds. The van der Waals surface area contributed by atoms with Crippen molar-refractivity contribution in [1.29, 1.82) is 0 Å². The highest BCUT2D eigenvalue weighted by molar-refractivity contribution is 8.00. The van der Waals surface area contributed by atoms with E-state index in [0.29, 0.717) is 12.6 Å². The smallest absolute Gasteiger partial charge is 0.158 e. The number of thioether (sulfide) groups is 1. The molecule has 4 nitrogen and oxygen atoms in total. The first kappa shape index (κ1) is 15.2. The maximum absolute atomic E-state index is 5.89. The van der Waals surface area contributed by atoms with Crippen molar-refractivity contribution in [2.24, 2.45) is 5.73 Å². The van der Waals surface area contributed by atoms with Crippen molar-refractivity contribution in [3.05, 3.63) is 0 Å². The lowest BCUT2D eigenvalue weighted by Gasteiger charge is -2.38. The van der Waals surface area contributed by atoms with E-state index < -0.39 is 0 Å². The van der Waals surface area contributed by atoms with Crippen LogP contribution in [0.2, 0.25) is 0 Å². The Morgan fingerprint density at radius 1 is 1.41 bits per heavy atom. The van der Waals surface area contributed by atoms with Crippen LogP contribution in [0.4, 0.5) is 0 Å². The van der Waals surface area contributed by atoms with Gasteiger partial charge in [-0.05, 0) is 6.42 Å². The van der Waals surface area contributed by atoms with E-state index in [1.54, 1.807) is 14.2 Å². The van der Waals surface area contributed by atoms with Gasteiger partial charge < -0.3 is 15.2 Å². The average Bonchev–Trinajstić information content (AvgIpc) is 2.40. The van der Waals surface area contributed by atoms with Crippen LogP contribution in [0.3, 0.4) is 0 Å². The van der Waals surface area contributed by atoms with Gasteiger partial charge >= 0.3 is 0 Å². The lowest BCUT2D eigenvalue weighted by Crippen LogP contribution is -2.49. The first-order valence-electron chi connectivity index (χ1n) is 6.36. The summed E-state index contributed by atoms with van der Waals surface area (Å²) >= 11 is 2.08. The van der Waals surface area contributed by atoms with E-state index in [1.165, 1.54) is 12.2 Å². The molecule has 0 aromatic heterocycles. The molecule has 102 valence electrons. The molecule has 1 saturated heterocycles. The second-order valence-electron chi connectivity index (χ2n) is 4.42. The van der Waals surface area contributed by atoms with Crippen molar-refractivity contribution in [2.75, 3.05) is 39.6 Å². The van der Waals surface area contributed by atoms with Crippen LogP contribution in [0.25, 0.3) is 0 Å². The van der Waals surface area contributed by atoms with Gasteiger partial charge in [-0.1, -0.05) is 6.92 Å². The van der Waals surface area contributed by atoms with Gasteiger partial charge in [0.2, 0.25) is 0 Å². The lowest BCUT2D eigenvalue weighted by molar-refractivity contribution is -0.116. The minimum atomic E-state index is -0.141. The summed E-state index contributed by atoms with van der Waals surface area (Å²) in [6, 6.07) is 0.370. The van der Waals surface area contributed by atoms with Crippen LogP contribution in [-0.2, 0) is 9.47 Å². The maximum Gasteiger partial charge on any atom is 0.158 e. The van der Waals surface area contributed by atoms with Gasteiger partial charge in [0.1, 0.15) is 0 Å². The Hall–Kier alpha value is 0.190. The fourth-order valence-corrected chi connectivity index (χ4v) is 3.43. The molecule has 5 heteroatoms. The Morgan fingerprint density at radius 2 is 2.12 bits per heavy atom. The summed E-state index contributed by atoms with van der Waals surface area (Å²) in [7, 11) is 3.37. The van der Waals surface area contributed by atoms with E-state index >= 15 is 0 Å². The van der Waals surface area contributed by atoms with Crippen LogP contribution in [0, 0.1) is 0 Å². The Balaban J connectivity index is 2.48. The number of rotatable bonds is 7. The highest BCUT2D eigenvalue weighted by Gasteiger charge is 2.26. The molecule has 1 aliphatic heterocycles. The molecule has 1 aliphatic rings. The van der Waals surface area contributed by atoms with Gasteiger partial charge in [0.15, 0.2) is 6.29 Å². The quantitative estimate of drug-likeness (QED) is 0.698. The molecule has 0 radical (unpaired) electrons. The predicted molar refractivity (Wildman–Crippen MR) is 73.4 cm³/mol. The largest absolute Gasteiger partial charge is 0.356 e. The molecular formula is C12H26N2O2S. The van der Waals surface area contributed by atoms with E-state index in [9.17, 15) is 0 Å². The first-order chi connectivity index (χ1) is 8.24. The fraction of sp³-hybridized carbons (Fsp3) is 1.00. The molecule has 0 aliphatic carbocycles. The van der Waals surface area contributed by atoms with Crippen LogP contribution in [0.15, 0.2) is 0 Å². The second-order valence-corrected chi connectivity index (χ2v) is 5.83. The molecule has 0 aromatic carbocycles. The normalized spacial score (nSPS) is 24.2. The van der Waals surface area contributed by atoms with Crippen LogP contribution in [0.1, 0.15) is 19.8 Å². The first-order valence-corrected chi connectivity index (χ1v) is 7.41. The third-order valence-electron chi connectivity index (χ3n) is 3.40. The summed E-state index contributed by atoms with van der Waals surface area (Å²) in [6.07, 6.45) is 1.94. The monoisotopic (exact) mass is 262 g/mol. The number of hydrogen-bond donors (Lipinski definition) is 1. The summed E-state index contributed by atoms with van der Waals surface area (Å²) in [5, 5.41) is 0.751. The summed E-state index contributed by atoms with van der Waals surface area (Å²) in [5.41, 5.74) is 5.89. The number of nitrogens with two attached hydrogens (primary N) is 1. The number of nitrogens with zero attached hydrogens (tertiary/aromatic N) is 1. The third kappa shape index (κ3) is 4.75. The predicted octanol–water partition coefficient (Wildman–Crippen LogP) is 1.15. The molecule has 2 unspecified atom stereocenters. The molecule has 1 heterocycles. The maximum atomic E-state index is 5.89. The van der Waals surface area contributed by atoms with Crippen molar-refractivity contribution < 1.29 is 9.47 Å². The third-order valence-corrected chi connectivity index (χ3v) is 4.78. The molecule has 0 bridgehead atoms. The highest BCUT2D eigenvalue weighted by Crippen LogP contribution is 2.23. The highest BCUT2D eigenvalue weighted by atomic mass is 32.2. The summed E-state index contributed by atoms with van der Waals surface area (Å²) in [6.45, 7) is 5.20. The van der Waals surface area contributed by atoms with E-state index in [4.69, 9.17) is 15.2 Å². The zero-order valence-corrected chi connectivity index (χ0v) is 12.0. The molecule has 17 heavy (non-hydrogen) atoms. The summed E-state index contributed by atoms with van der Waals surface area (Å²) in [5.74, 6) is 1.21. The number of hydrogen-bond acceptors (Lipinski definition) is 5. The minimum Gasteiger partial charge on any atom is -0.356 e. The van der Waals surface area contributed by atoms with Gasteiger partial charge in [-0.15, -0.1) is 0 Å². The van der Waals surface area contributed by atoms with Crippen LogP contribution >= 0.6 is 11.8 Å². The summed E-state index contributed by atoms with van der Waals surface area (Å²) < 4.78 is 10.5. The van der Waals surface area contributed by atoms with Crippen molar-refractivity contribution in [3.8, 4) is 0 Å². The molecular weight excluding hydrogens is 236 g/mol. The summed E-state index contributed by atoms with van der Waals surface area (Å²) in [4.78, 5) is 2.50. The topological polar surface area (TPSA) is 47.7 Å². The van der Waals surface area contributed by atoms with Crippen molar-refractivity contribution in [3.63, 3.8) is 0 Å². The van der Waals surface area contributed by atoms with Gasteiger partial charge in [-0.25, -0.2) is 0 Å². The standard InChI is InChI=1S/C12H26N2O2S/c1-4-11-9-14(5-6-17-11)10(8-13)7-12(15-2)16-3/h10-12H,4-9,13H2,1-3H3. The second kappa shape index (κ2) is 8.32. The Labute approximate surface area is 109 Å². The fourth-order valence-electron chi connectivity index (χ4n) is 2.23. The lowest BCUT2D eigenvalue weighted by atomic mass is 10.1. The van der Waals surface area contributed by atoms with Crippen LogP contribution < -0.4 is 5.73 Å². The van der Waals surface area contributed by atoms with Crippen LogP contribution in [0.5, 0.6) is 0 Å². The number of ether oxygens (including phenoxy) is 2. The minimum absolute atomic E-state index is 0.141. The SMILES string of the molecule is CCC1CN(C(CN)CC(OC)OC)CCS1. The molecule has 0 aromatic rings. The van der Waals surface area contributed by atoms with E-state index in [-0.39, 0.29) is 6.29 Å². The Kier molecular flexibility index (Phi) is 7.46. The molecule has 1 fully saturated rings. The molecule has 2 atom stereocenters. The van der Waals surface area contributed by atoms with E-state index in [1.807, 2.05) is 0 Å². The van der Waals surface area contributed by atoms with Gasteiger partial charge in [0, 0.05) is 57.3 Å². The van der Waals surface area contributed by atoms with Gasteiger partial charge in [0.25, 0.3) is 0 Å². The van der Waals surface area contributed by atoms with Gasteiger partial charge in [-0.3, -0.25) is 4.90 Å². The van der Waals surface area contributed by atoms with Crippen molar-refractivity contribution in [1.82, 2.24) is 4.90 Å². The molecule has 0 saturated carbocycles. The van der Waals surface area contributed by atoms with E-state index in [0.717, 1.165) is 24.8 Å². The van der Waals surface area contributed by atoms with E-state index in [2.05, 4.69) is 23.6 Å². The molecule has 2 N–H and O–H groups in total.